The van der Waals surface area contributed by atoms with Crippen LogP contribution in [-0.2, 0) is 13.1 Å². The Balaban J connectivity index is 1.87. The third-order valence-electron chi connectivity index (χ3n) is 3.32. The first-order valence-corrected chi connectivity index (χ1v) is 7.23. The van der Waals surface area contributed by atoms with E-state index >= 15 is 0 Å². The highest BCUT2D eigenvalue weighted by atomic mass is 16.2. The van der Waals surface area contributed by atoms with E-state index in [1.165, 1.54) is 4.90 Å². The van der Waals surface area contributed by atoms with Crippen LogP contribution in [0, 0.1) is 0 Å². The molecule has 0 radical (unpaired) electrons. The maximum Gasteiger partial charge on any atom is 0.316 e. The lowest BCUT2D eigenvalue weighted by Gasteiger charge is -2.12. The van der Waals surface area contributed by atoms with Gasteiger partial charge >= 0.3 is 6.03 Å². The molecule has 0 fully saturated rings. The lowest BCUT2D eigenvalue weighted by atomic mass is 10.3. The number of rotatable bonds is 6. The highest BCUT2D eigenvalue weighted by Gasteiger charge is 2.08. The van der Waals surface area contributed by atoms with E-state index < -0.39 is 0 Å². The molecule has 1 aromatic carbocycles. The van der Waals surface area contributed by atoms with Gasteiger partial charge in [-0.05, 0) is 19.1 Å². The van der Waals surface area contributed by atoms with Crippen molar-refractivity contribution in [3.63, 3.8) is 0 Å². The summed E-state index contributed by atoms with van der Waals surface area (Å²) in [5, 5.41) is 6.14. The summed E-state index contributed by atoms with van der Waals surface area (Å²) >= 11 is 0. The molecular weight excluding hydrogens is 266 g/mol. The van der Waals surface area contributed by atoms with Crippen molar-refractivity contribution in [3.05, 3.63) is 30.1 Å². The summed E-state index contributed by atoms with van der Waals surface area (Å²) in [7, 11) is 3.46. The molecule has 21 heavy (non-hydrogen) atoms. The molecule has 1 heterocycles. The molecule has 2 aromatic rings. The summed E-state index contributed by atoms with van der Waals surface area (Å²) in [5.74, 6) is 1.03. The number of urea groups is 1. The van der Waals surface area contributed by atoms with Crippen LogP contribution in [0.3, 0.4) is 0 Å². The van der Waals surface area contributed by atoms with Crippen molar-refractivity contribution in [1.29, 1.82) is 0 Å². The van der Waals surface area contributed by atoms with Gasteiger partial charge < -0.3 is 20.1 Å². The molecule has 0 unspecified atom stereocenters. The Kier molecular flexibility index (Phi) is 5.16. The van der Waals surface area contributed by atoms with Crippen molar-refractivity contribution in [2.24, 2.45) is 0 Å². The first kappa shape index (κ1) is 15.3. The van der Waals surface area contributed by atoms with Crippen LogP contribution in [0.25, 0.3) is 11.0 Å². The molecule has 1 aromatic heterocycles. The van der Waals surface area contributed by atoms with Gasteiger partial charge in [0.15, 0.2) is 0 Å². The smallest absolute Gasteiger partial charge is 0.316 e. The highest BCUT2D eigenvalue weighted by molar-refractivity contribution is 5.75. The van der Waals surface area contributed by atoms with Gasteiger partial charge in [0, 0.05) is 33.7 Å². The van der Waals surface area contributed by atoms with Crippen molar-refractivity contribution < 1.29 is 4.79 Å². The fraction of sp³-hybridized carbons (Fsp3) is 0.467. The van der Waals surface area contributed by atoms with Gasteiger partial charge in [0.25, 0.3) is 0 Å². The number of carbonyl (C=O) groups is 1. The summed E-state index contributed by atoms with van der Waals surface area (Å²) in [6.45, 7) is 5.03. The molecule has 0 spiro atoms. The largest absolute Gasteiger partial charge is 0.337 e. The SMILES string of the molecule is CCn1c(CNCCNC(=O)N(C)C)nc2ccccc21. The standard InChI is InChI=1S/C15H23N5O/c1-4-20-13-8-6-5-7-12(13)18-14(20)11-16-9-10-17-15(21)19(2)3/h5-8,16H,4,9-11H2,1-3H3,(H,17,21). The zero-order valence-corrected chi connectivity index (χ0v) is 12.9. The van der Waals surface area contributed by atoms with E-state index in [0.29, 0.717) is 19.6 Å². The maximum atomic E-state index is 11.4. The Morgan fingerprint density at radius 2 is 2.05 bits per heavy atom. The second kappa shape index (κ2) is 7.08. The molecule has 0 atom stereocenters. The Bertz CT molecular complexity index is 605. The minimum atomic E-state index is -0.0717. The van der Waals surface area contributed by atoms with Gasteiger partial charge in [-0.25, -0.2) is 9.78 Å². The third-order valence-corrected chi connectivity index (χ3v) is 3.32. The fourth-order valence-corrected chi connectivity index (χ4v) is 2.23. The average molecular weight is 289 g/mol. The zero-order chi connectivity index (χ0) is 15.2. The number of aryl methyl sites for hydroxylation is 1. The average Bonchev–Trinajstić information content (AvgIpc) is 2.83. The highest BCUT2D eigenvalue weighted by Crippen LogP contribution is 2.15. The number of nitrogens with one attached hydrogen (secondary N) is 2. The number of aromatic nitrogens is 2. The molecule has 0 saturated carbocycles. The Morgan fingerprint density at radius 3 is 2.76 bits per heavy atom. The lowest BCUT2D eigenvalue weighted by molar-refractivity contribution is 0.217. The van der Waals surface area contributed by atoms with Gasteiger partial charge in [-0.3, -0.25) is 0 Å². The molecule has 2 amide bonds. The minimum absolute atomic E-state index is 0.0717. The van der Waals surface area contributed by atoms with Crippen LogP contribution in [-0.4, -0.2) is 47.7 Å². The zero-order valence-electron chi connectivity index (χ0n) is 12.9. The monoisotopic (exact) mass is 289 g/mol. The van der Waals surface area contributed by atoms with Crippen LogP contribution >= 0.6 is 0 Å². The lowest BCUT2D eigenvalue weighted by Crippen LogP contribution is -2.38. The summed E-state index contributed by atoms with van der Waals surface area (Å²) < 4.78 is 2.21. The van der Waals surface area contributed by atoms with Crippen molar-refractivity contribution in [2.75, 3.05) is 27.2 Å². The third kappa shape index (κ3) is 3.72. The van der Waals surface area contributed by atoms with Crippen LogP contribution in [0.5, 0.6) is 0 Å². The summed E-state index contributed by atoms with van der Waals surface area (Å²) in [6.07, 6.45) is 0. The number of fused-ring (bicyclic) bond motifs is 1. The van der Waals surface area contributed by atoms with Crippen molar-refractivity contribution in [3.8, 4) is 0 Å². The van der Waals surface area contributed by atoms with E-state index in [1.54, 1.807) is 14.1 Å². The van der Waals surface area contributed by atoms with Gasteiger partial charge in [0.05, 0.1) is 17.6 Å². The second-order valence-electron chi connectivity index (χ2n) is 5.06. The Labute approximate surface area is 125 Å². The number of para-hydroxylation sites is 2. The van der Waals surface area contributed by atoms with E-state index in [0.717, 1.165) is 23.4 Å². The fourth-order valence-electron chi connectivity index (χ4n) is 2.23. The first-order valence-electron chi connectivity index (χ1n) is 7.23. The number of hydrogen-bond acceptors (Lipinski definition) is 3. The van der Waals surface area contributed by atoms with Gasteiger partial charge in [-0.2, -0.15) is 0 Å². The Hall–Kier alpha value is -2.08. The Morgan fingerprint density at radius 1 is 1.29 bits per heavy atom. The van der Waals surface area contributed by atoms with Crippen LogP contribution in [0.15, 0.2) is 24.3 Å². The quantitative estimate of drug-likeness (QED) is 0.791. The normalized spacial score (nSPS) is 10.8. The second-order valence-corrected chi connectivity index (χ2v) is 5.06. The molecule has 0 aliphatic heterocycles. The van der Waals surface area contributed by atoms with E-state index in [4.69, 9.17) is 0 Å². The van der Waals surface area contributed by atoms with Crippen LogP contribution < -0.4 is 10.6 Å². The molecule has 2 rings (SSSR count). The number of carbonyl (C=O) groups excluding carboxylic acids is 1. The number of benzene rings is 1. The van der Waals surface area contributed by atoms with Crippen molar-refractivity contribution in [1.82, 2.24) is 25.1 Å². The van der Waals surface area contributed by atoms with E-state index in [2.05, 4.69) is 33.2 Å². The molecule has 0 bridgehead atoms. The summed E-state index contributed by atoms with van der Waals surface area (Å²) in [6, 6.07) is 8.08. The molecule has 6 heteroatoms. The molecular formula is C15H23N5O. The summed E-state index contributed by atoms with van der Waals surface area (Å²) in [5.41, 5.74) is 2.19. The van der Waals surface area contributed by atoms with Crippen LogP contribution in [0.4, 0.5) is 4.79 Å². The molecule has 2 N–H and O–H groups in total. The molecule has 114 valence electrons. The van der Waals surface area contributed by atoms with Crippen molar-refractivity contribution in [2.45, 2.75) is 20.0 Å². The van der Waals surface area contributed by atoms with Crippen LogP contribution in [0.1, 0.15) is 12.7 Å². The topological polar surface area (TPSA) is 62.2 Å². The predicted molar refractivity (Wildman–Crippen MR) is 84.2 cm³/mol. The van der Waals surface area contributed by atoms with Gasteiger partial charge in [-0.1, -0.05) is 12.1 Å². The number of nitrogens with zero attached hydrogens (tertiary/aromatic N) is 3. The predicted octanol–water partition coefficient (Wildman–Crippen LogP) is 1.42. The van der Waals surface area contributed by atoms with Crippen molar-refractivity contribution >= 4 is 17.1 Å². The molecule has 0 aliphatic carbocycles. The number of hydrogen-bond donors (Lipinski definition) is 2. The molecule has 6 nitrogen and oxygen atoms in total. The van der Waals surface area contributed by atoms with E-state index in [-0.39, 0.29) is 6.03 Å². The van der Waals surface area contributed by atoms with E-state index in [9.17, 15) is 4.79 Å². The number of amides is 2. The molecule has 0 saturated heterocycles. The molecule has 0 aliphatic rings. The van der Waals surface area contributed by atoms with E-state index in [1.807, 2.05) is 18.2 Å². The summed E-state index contributed by atoms with van der Waals surface area (Å²) in [4.78, 5) is 17.5. The van der Waals surface area contributed by atoms with Crippen LogP contribution in [0.2, 0.25) is 0 Å². The van der Waals surface area contributed by atoms with Gasteiger partial charge in [0.1, 0.15) is 5.82 Å². The maximum absolute atomic E-state index is 11.4. The van der Waals surface area contributed by atoms with Gasteiger partial charge in [-0.15, -0.1) is 0 Å². The van der Waals surface area contributed by atoms with Gasteiger partial charge in [0.2, 0.25) is 0 Å². The first-order chi connectivity index (χ1) is 10.1. The minimum Gasteiger partial charge on any atom is -0.337 e. The number of imidazole rings is 1.